The molecule has 3 rings (SSSR count). The number of hydrogen-bond acceptors (Lipinski definition) is 8. The number of aromatic amines is 1. The van der Waals surface area contributed by atoms with Crippen molar-refractivity contribution in [2.75, 3.05) is 17.7 Å². The molecule has 0 aliphatic heterocycles. The number of amides is 1. The Morgan fingerprint density at radius 2 is 1.90 bits per heavy atom. The Hall–Kier alpha value is -3.86. The van der Waals surface area contributed by atoms with Crippen molar-refractivity contribution in [2.45, 2.75) is 17.8 Å². The maximum Gasteiger partial charge on any atom is 0.277 e. The molecular weight excluding hydrogens is 422 g/mol. The molecule has 10 nitrogen and oxygen atoms in total. The van der Waals surface area contributed by atoms with Crippen molar-refractivity contribution in [3.05, 3.63) is 80.1 Å². The lowest BCUT2D eigenvalue weighted by Crippen LogP contribution is -2.23. The standard InChI is InChI=1S/C20H19N5O5S/c1-2-30-15-9-5-13(6-10-15)18(26)22-16-17(21)23-20(24-19(16)27)31-11-12-3-7-14(8-4-12)25(28)29/h3-10H,2,11H2,1H3,(H,22,26)(H3,21,23,24,27). The van der Waals surface area contributed by atoms with E-state index in [0.717, 1.165) is 5.56 Å². The molecule has 160 valence electrons. The normalized spacial score (nSPS) is 10.5. The molecule has 0 spiro atoms. The molecule has 0 atom stereocenters. The molecule has 2 aromatic carbocycles. The number of thioether (sulfide) groups is 1. The molecule has 3 aromatic rings. The second kappa shape index (κ2) is 9.76. The highest BCUT2D eigenvalue weighted by atomic mass is 32.2. The lowest BCUT2D eigenvalue weighted by atomic mass is 10.2. The van der Waals surface area contributed by atoms with Crippen LogP contribution in [0.5, 0.6) is 5.75 Å². The molecule has 0 aliphatic rings. The highest BCUT2D eigenvalue weighted by Gasteiger charge is 2.14. The molecule has 0 fully saturated rings. The van der Waals surface area contributed by atoms with Crippen LogP contribution in [0.4, 0.5) is 17.2 Å². The summed E-state index contributed by atoms with van der Waals surface area (Å²) in [5.41, 5.74) is 6.29. The minimum Gasteiger partial charge on any atom is -0.494 e. The molecule has 31 heavy (non-hydrogen) atoms. The minimum atomic E-state index is -0.585. The van der Waals surface area contributed by atoms with Crippen LogP contribution in [0, 0.1) is 10.1 Å². The Bertz CT molecular complexity index is 1150. The number of carbonyl (C=O) groups excluding carboxylic acids is 1. The molecule has 1 amide bonds. The van der Waals surface area contributed by atoms with Gasteiger partial charge in [-0.15, -0.1) is 0 Å². The molecule has 11 heteroatoms. The number of carbonyl (C=O) groups is 1. The van der Waals surface area contributed by atoms with Crippen molar-refractivity contribution in [3.8, 4) is 5.75 Å². The Kier molecular flexibility index (Phi) is 6.88. The lowest BCUT2D eigenvalue weighted by molar-refractivity contribution is -0.384. The number of benzene rings is 2. The van der Waals surface area contributed by atoms with Gasteiger partial charge in [0, 0.05) is 23.4 Å². The van der Waals surface area contributed by atoms with Gasteiger partial charge >= 0.3 is 0 Å². The zero-order valence-electron chi connectivity index (χ0n) is 16.5. The van der Waals surface area contributed by atoms with Gasteiger partial charge in [-0.05, 0) is 36.8 Å². The van der Waals surface area contributed by atoms with Crippen LogP contribution in [0.1, 0.15) is 22.8 Å². The maximum atomic E-state index is 12.4. The van der Waals surface area contributed by atoms with Crippen molar-refractivity contribution in [2.24, 2.45) is 0 Å². The molecule has 0 saturated heterocycles. The van der Waals surface area contributed by atoms with Crippen LogP contribution in [-0.4, -0.2) is 27.4 Å². The summed E-state index contributed by atoms with van der Waals surface area (Å²) in [6.07, 6.45) is 0. The van der Waals surface area contributed by atoms with Gasteiger partial charge in [0.05, 0.1) is 11.5 Å². The third-order valence-electron chi connectivity index (χ3n) is 4.11. The molecule has 1 heterocycles. The van der Waals surface area contributed by atoms with E-state index < -0.39 is 16.4 Å². The fourth-order valence-electron chi connectivity index (χ4n) is 2.58. The van der Waals surface area contributed by atoms with Gasteiger partial charge in [0.25, 0.3) is 17.2 Å². The first kappa shape index (κ1) is 21.8. The smallest absolute Gasteiger partial charge is 0.277 e. The first-order chi connectivity index (χ1) is 14.9. The Morgan fingerprint density at radius 1 is 1.23 bits per heavy atom. The van der Waals surface area contributed by atoms with Crippen LogP contribution in [0.2, 0.25) is 0 Å². The van der Waals surface area contributed by atoms with Gasteiger partial charge in [-0.1, -0.05) is 23.9 Å². The average Bonchev–Trinajstić information content (AvgIpc) is 2.75. The highest BCUT2D eigenvalue weighted by molar-refractivity contribution is 7.98. The number of nitrogen functional groups attached to an aromatic ring is 1. The van der Waals surface area contributed by atoms with Crippen LogP contribution < -0.4 is 21.3 Å². The van der Waals surface area contributed by atoms with Gasteiger partial charge in [0.1, 0.15) is 11.4 Å². The van der Waals surface area contributed by atoms with Crippen LogP contribution >= 0.6 is 11.8 Å². The largest absolute Gasteiger partial charge is 0.494 e. The number of nitrogens with one attached hydrogen (secondary N) is 2. The summed E-state index contributed by atoms with van der Waals surface area (Å²) in [5.74, 6) is 0.424. The van der Waals surface area contributed by atoms with E-state index in [1.165, 1.54) is 23.9 Å². The van der Waals surface area contributed by atoms with Gasteiger partial charge in [-0.3, -0.25) is 24.7 Å². The number of anilines is 2. The molecule has 0 saturated carbocycles. The first-order valence-electron chi connectivity index (χ1n) is 9.17. The quantitative estimate of drug-likeness (QED) is 0.208. The van der Waals surface area contributed by atoms with E-state index in [9.17, 15) is 19.7 Å². The molecule has 0 aliphatic carbocycles. The fraction of sp³-hybridized carbons (Fsp3) is 0.150. The summed E-state index contributed by atoms with van der Waals surface area (Å²) < 4.78 is 5.33. The zero-order valence-corrected chi connectivity index (χ0v) is 17.3. The molecule has 0 unspecified atom stereocenters. The van der Waals surface area contributed by atoms with E-state index in [1.807, 2.05) is 6.92 Å². The van der Waals surface area contributed by atoms with Crippen LogP contribution in [0.3, 0.4) is 0 Å². The molecular formula is C20H19N5O5S. The molecule has 0 radical (unpaired) electrons. The highest BCUT2D eigenvalue weighted by Crippen LogP contribution is 2.23. The van der Waals surface area contributed by atoms with Gasteiger partial charge in [-0.25, -0.2) is 4.98 Å². The van der Waals surface area contributed by atoms with Gasteiger partial charge in [-0.2, -0.15) is 0 Å². The van der Waals surface area contributed by atoms with E-state index in [2.05, 4.69) is 15.3 Å². The molecule has 4 N–H and O–H groups in total. The number of hydrogen-bond donors (Lipinski definition) is 3. The van der Waals surface area contributed by atoms with Crippen molar-refractivity contribution in [1.82, 2.24) is 9.97 Å². The lowest BCUT2D eigenvalue weighted by Gasteiger charge is -2.09. The van der Waals surface area contributed by atoms with Gasteiger partial charge in [0.2, 0.25) is 0 Å². The topological polar surface area (TPSA) is 153 Å². The fourth-order valence-corrected chi connectivity index (χ4v) is 3.40. The number of aromatic nitrogens is 2. The van der Waals surface area contributed by atoms with E-state index in [4.69, 9.17) is 10.5 Å². The predicted molar refractivity (Wildman–Crippen MR) is 117 cm³/mol. The van der Waals surface area contributed by atoms with Crippen molar-refractivity contribution < 1.29 is 14.5 Å². The summed E-state index contributed by atoms with van der Waals surface area (Å²) in [6, 6.07) is 12.5. The average molecular weight is 441 g/mol. The minimum absolute atomic E-state index is 0.00264. The van der Waals surface area contributed by atoms with E-state index in [1.54, 1.807) is 36.4 Å². The van der Waals surface area contributed by atoms with E-state index >= 15 is 0 Å². The summed E-state index contributed by atoms with van der Waals surface area (Å²) in [6.45, 7) is 2.37. The van der Waals surface area contributed by atoms with Crippen LogP contribution in [-0.2, 0) is 5.75 Å². The SMILES string of the molecule is CCOc1ccc(C(=O)Nc2c(N)nc(SCc3ccc([N+](=O)[O-])cc3)[nH]c2=O)cc1. The summed E-state index contributed by atoms with van der Waals surface area (Å²) in [7, 11) is 0. The number of non-ortho nitro benzene ring substituents is 1. The maximum absolute atomic E-state index is 12.4. The first-order valence-corrected chi connectivity index (χ1v) is 10.2. The van der Waals surface area contributed by atoms with Crippen LogP contribution in [0.25, 0.3) is 0 Å². The third kappa shape index (κ3) is 5.60. The zero-order chi connectivity index (χ0) is 22.4. The second-order valence-electron chi connectivity index (χ2n) is 6.26. The van der Waals surface area contributed by atoms with Gasteiger partial charge < -0.3 is 15.8 Å². The van der Waals surface area contributed by atoms with Crippen LogP contribution in [0.15, 0.2) is 58.5 Å². The number of H-pyrrole nitrogens is 1. The van der Waals surface area contributed by atoms with Gasteiger partial charge in [0.15, 0.2) is 11.0 Å². The summed E-state index contributed by atoms with van der Waals surface area (Å²) in [5, 5.41) is 13.5. The van der Waals surface area contributed by atoms with Crippen molar-refractivity contribution >= 4 is 34.9 Å². The number of nitro groups is 1. The second-order valence-corrected chi connectivity index (χ2v) is 7.22. The van der Waals surface area contributed by atoms with E-state index in [0.29, 0.717) is 23.7 Å². The number of nitrogens with zero attached hydrogens (tertiary/aromatic N) is 2. The summed E-state index contributed by atoms with van der Waals surface area (Å²) >= 11 is 1.20. The monoisotopic (exact) mass is 441 g/mol. The third-order valence-corrected chi connectivity index (χ3v) is 5.06. The number of nitro benzene ring substituents is 1. The number of nitrogens with two attached hydrogens (primary N) is 1. The number of ether oxygens (including phenoxy) is 1. The predicted octanol–water partition coefficient (Wildman–Crippen LogP) is 3.20. The number of rotatable bonds is 8. The Balaban J connectivity index is 1.67. The van der Waals surface area contributed by atoms with Crippen molar-refractivity contribution in [3.63, 3.8) is 0 Å². The Morgan fingerprint density at radius 3 is 2.48 bits per heavy atom. The molecule has 0 bridgehead atoms. The van der Waals surface area contributed by atoms with E-state index in [-0.39, 0.29) is 22.3 Å². The Labute approximate surface area is 181 Å². The molecule has 1 aromatic heterocycles. The summed E-state index contributed by atoms with van der Waals surface area (Å²) in [4.78, 5) is 41.7. The van der Waals surface area contributed by atoms with Crippen molar-refractivity contribution in [1.29, 1.82) is 0 Å².